The maximum absolute atomic E-state index is 13.5. The molecule has 0 bridgehead atoms. The number of halogens is 4. The van der Waals surface area contributed by atoms with Crippen LogP contribution in [0.4, 0.5) is 23.2 Å². The molecule has 0 aliphatic carbocycles. The van der Waals surface area contributed by atoms with Gasteiger partial charge in [-0.2, -0.15) is 13.2 Å². The summed E-state index contributed by atoms with van der Waals surface area (Å²) in [6.07, 6.45) is -4.66. The largest absolute Gasteiger partial charge is 0.471 e. The Morgan fingerprint density at radius 3 is 2.42 bits per heavy atom. The lowest BCUT2D eigenvalue weighted by molar-refractivity contribution is -0.167. The first kappa shape index (κ1) is 19.4. The number of anilines is 1. The van der Waals surface area contributed by atoms with Crippen molar-refractivity contribution in [3.05, 3.63) is 65.5 Å². The van der Waals surface area contributed by atoms with Crippen molar-refractivity contribution in [2.45, 2.75) is 25.6 Å². The molecular formula is C18H16F4N2O2. The van der Waals surface area contributed by atoms with Crippen molar-refractivity contribution in [1.82, 2.24) is 5.32 Å². The van der Waals surface area contributed by atoms with E-state index in [0.29, 0.717) is 11.1 Å². The lowest BCUT2D eigenvalue weighted by Gasteiger charge is -2.10. The van der Waals surface area contributed by atoms with Crippen molar-refractivity contribution >= 4 is 17.5 Å². The Morgan fingerprint density at radius 2 is 1.73 bits per heavy atom. The molecule has 0 heterocycles. The highest BCUT2D eigenvalue weighted by atomic mass is 19.4. The minimum atomic E-state index is -4.98. The molecule has 8 heteroatoms. The summed E-state index contributed by atoms with van der Waals surface area (Å²) >= 11 is 0. The Bertz CT molecular complexity index is 791. The lowest BCUT2D eigenvalue weighted by atomic mass is 10.1. The standard InChI is InChI=1S/C18H16F4N2O2/c19-15-7-2-1-5-13(15)8-9-16(25)23-11-12-4-3-6-14(10-12)24-17(26)18(20,21)22/h1-7,10H,8-9,11H2,(H,23,25)(H,24,26). The van der Waals surface area contributed by atoms with Gasteiger partial charge in [0.2, 0.25) is 5.91 Å². The normalized spacial score (nSPS) is 11.1. The number of carbonyl (C=O) groups is 2. The summed E-state index contributed by atoms with van der Waals surface area (Å²) in [5.41, 5.74) is 0.925. The number of carbonyl (C=O) groups excluding carboxylic acids is 2. The minimum absolute atomic E-state index is 0.0227. The highest BCUT2D eigenvalue weighted by Gasteiger charge is 2.38. The van der Waals surface area contributed by atoms with E-state index in [2.05, 4.69) is 5.32 Å². The first-order chi connectivity index (χ1) is 12.3. The predicted molar refractivity (Wildman–Crippen MR) is 87.7 cm³/mol. The molecule has 4 nitrogen and oxygen atoms in total. The van der Waals surface area contributed by atoms with Crippen LogP contribution in [-0.4, -0.2) is 18.0 Å². The van der Waals surface area contributed by atoms with E-state index in [1.165, 1.54) is 24.3 Å². The molecule has 0 spiro atoms. The summed E-state index contributed by atoms with van der Waals surface area (Å²) < 4.78 is 50.2. The van der Waals surface area contributed by atoms with Gasteiger partial charge >= 0.3 is 12.1 Å². The number of nitrogens with one attached hydrogen (secondary N) is 2. The van der Waals surface area contributed by atoms with Crippen LogP contribution in [0, 0.1) is 5.82 Å². The molecule has 0 aliphatic heterocycles. The highest BCUT2D eigenvalue weighted by molar-refractivity contribution is 5.94. The first-order valence-corrected chi connectivity index (χ1v) is 7.73. The summed E-state index contributed by atoms with van der Waals surface area (Å²) in [5, 5.41) is 4.35. The molecule has 0 unspecified atom stereocenters. The summed E-state index contributed by atoms with van der Waals surface area (Å²) in [6, 6.07) is 11.9. The van der Waals surface area contributed by atoms with E-state index in [9.17, 15) is 27.2 Å². The molecule has 2 aromatic carbocycles. The molecule has 2 aromatic rings. The van der Waals surface area contributed by atoms with Gasteiger partial charge in [-0.1, -0.05) is 30.3 Å². The second-order valence-corrected chi connectivity index (χ2v) is 5.52. The van der Waals surface area contributed by atoms with E-state index in [1.807, 2.05) is 0 Å². The van der Waals surface area contributed by atoms with Gasteiger partial charge in [0, 0.05) is 18.7 Å². The zero-order chi connectivity index (χ0) is 19.2. The molecule has 2 amide bonds. The Hall–Kier alpha value is -2.90. The third kappa shape index (κ3) is 5.87. The van der Waals surface area contributed by atoms with Gasteiger partial charge in [0.05, 0.1) is 0 Å². The van der Waals surface area contributed by atoms with Crippen molar-refractivity contribution in [2.24, 2.45) is 0 Å². The van der Waals surface area contributed by atoms with E-state index in [4.69, 9.17) is 0 Å². The molecular weight excluding hydrogens is 352 g/mol. The van der Waals surface area contributed by atoms with Crippen LogP contribution in [0.5, 0.6) is 0 Å². The Kier molecular flexibility index (Phi) is 6.32. The van der Waals surface area contributed by atoms with Crippen molar-refractivity contribution < 1.29 is 27.2 Å². The molecule has 0 aliphatic rings. The van der Waals surface area contributed by atoms with Gasteiger partial charge in [0.25, 0.3) is 0 Å². The van der Waals surface area contributed by atoms with Crippen LogP contribution in [0.3, 0.4) is 0 Å². The molecule has 0 saturated carbocycles. The second kappa shape index (κ2) is 8.46. The van der Waals surface area contributed by atoms with E-state index in [0.717, 1.165) is 0 Å². The van der Waals surface area contributed by atoms with Gasteiger partial charge < -0.3 is 10.6 Å². The van der Waals surface area contributed by atoms with E-state index >= 15 is 0 Å². The first-order valence-electron chi connectivity index (χ1n) is 7.73. The van der Waals surface area contributed by atoms with Gasteiger partial charge in [0.15, 0.2) is 0 Å². The van der Waals surface area contributed by atoms with Gasteiger partial charge in [-0.05, 0) is 35.7 Å². The number of rotatable bonds is 6. The fourth-order valence-corrected chi connectivity index (χ4v) is 2.20. The zero-order valence-corrected chi connectivity index (χ0v) is 13.6. The average molecular weight is 368 g/mol. The maximum atomic E-state index is 13.5. The molecule has 0 saturated heterocycles. The molecule has 0 fully saturated rings. The van der Waals surface area contributed by atoms with Crippen molar-refractivity contribution in [3.8, 4) is 0 Å². The van der Waals surface area contributed by atoms with Crippen molar-refractivity contribution in [2.75, 3.05) is 5.32 Å². The molecule has 2 rings (SSSR count). The van der Waals surface area contributed by atoms with Crippen LogP contribution < -0.4 is 10.6 Å². The quantitative estimate of drug-likeness (QED) is 0.766. The monoisotopic (exact) mass is 368 g/mol. The van der Waals surface area contributed by atoms with Crippen LogP contribution in [0.1, 0.15) is 17.5 Å². The van der Waals surface area contributed by atoms with Crippen LogP contribution in [0.25, 0.3) is 0 Å². The molecule has 0 radical (unpaired) electrons. The fraction of sp³-hybridized carbons (Fsp3) is 0.222. The van der Waals surface area contributed by atoms with Gasteiger partial charge in [-0.15, -0.1) is 0 Å². The number of hydrogen-bond acceptors (Lipinski definition) is 2. The van der Waals surface area contributed by atoms with Gasteiger partial charge in [0.1, 0.15) is 5.82 Å². The maximum Gasteiger partial charge on any atom is 0.471 e. The Morgan fingerprint density at radius 1 is 1.00 bits per heavy atom. The SMILES string of the molecule is O=C(CCc1ccccc1F)NCc1cccc(NC(=O)C(F)(F)F)c1. The van der Waals surface area contributed by atoms with Crippen molar-refractivity contribution in [3.63, 3.8) is 0 Å². The van der Waals surface area contributed by atoms with Gasteiger partial charge in [-0.25, -0.2) is 4.39 Å². The number of hydrogen-bond donors (Lipinski definition) is 2. The molecule has 0 atom stereocenters. The highest BCUT2D eigenvalue weighted by Crippen LogP contribution is 2.19. The minimum Gasteiger partial charge on any atom is -0.352 e. The van der Waals surface area contributed by atoms with Crippen LogP contribution in [-0.2, 0) is 22.6 Å². The van der Waals surface area contributed by atoms with Gasteiger partial charge in [-0.3, -0.25) is 9.59 Å². The van der Waals surface area contributed by atoms with E-state index in [-0.39, 0.29) is 36.8 Å². The van der Waals surface area contributed by atoms with Crippen LogP contribution >= 0.6 is 0 Å². The van der Waals surface area contributed by atoms with Crippen LogP contribution in [0.2, 0.25) is 0 Å². The van der Waals surface area contributed by atoms with Crippen LogP contribution in [0.15, 0.2) is 48.5 Å². The molecule has 2 N–H and O–H groups in total. The zero-order valence-electron chi connectivity index (χ0n) is 13.6. The van der Waals surface area contributed by atoms with Crippen molar-refractivity contribution in [1.29, 1.82) is 0 Å². The molecule has 138 valence electrons. The smallest absolute Gasteiger partial charge is 0.352 e. The number of benzene rings is 2. The summed E-state index contributed by atoms with van der Waals surface area (Å²) in [5.74, 6) is -2.77. The van der Waals surface area contributed by atoms with E-state index in [1.54, 1.807) is 29.6 Å². The summed E-state index contributed by atoms with van der Waals surface area (Å²) in [7, 11) is 0. The average Bonchev–Trinajstić information content (AvgIpc) is 2.59. The summed E-state index contributed by atoms with van der Waals surface area (Å²) in [4.78, 5) is 22.8. The predicted octanol–water partition coefficient (Wildman–Crippen LogP) is 3.58. The number of alkyl halides is 3. The van der Waals surface area contributed by atoms with E-state index < -0.39 is 12.1 Å². The number of aryl methyl sites for hydroxylation is 1. The number of amides is 2. The second-order valence-electron chi connectivity index (χ2n) is 5.52. The Balaban J connectivity index is 1.85. The summed E-state index contributed by atoms with van der Waals surface area (Å²) in [6.45, 7) is 0.0752. The molecule has 0 aromatic heterocycles. The fourth-order valence-electron chi connectivity index (χ4n) is 2.20. The third-order valence-electron chi connectivity index (χ3n) is 3.51. The third-order valence-corrected chi connectivity index (χ3v) is 3.51. The molecule has 26 heavy (non-hydrogen) atoms. The lowest BCUT2D eigenvalue weighted by Crippen LogP contribution is -2.30. The Labute approximate surface area is 147 Å². The topological polar surface area (TPSA) is 58.2 Å².